The normalized spacial score (nSPS) is 10.6. The fourth-order valence-corrected chi connectivity index (χ4v) is 1.74. The lowest BCUT2D eigenvalue weighted by Crippen LogP contribution is -2.16. The van der Waals surface area contributed by atoms with Crippen molar-refractivity contribution in [3.8, 4) is 0 Å². The summed E-state index contributed by atoms with van der Waals surface area (Å²) < 4.78 is 11.7. The number of carbonyl (C=O) groups excluding carboxylic acids is 1. The molecule has 0 spiro atoms. The highest BCUT2D eigenvalue weighted by atomic mass is 16.5. The van der Waals surface area contributed by atoms with E-state index in [4.69, 9.17) is 4.42 Å². The maximum atomic E-state index is 11.2. The molecule has 2 heterocycles. The fraction of sp³-hybridized carbons (Fsp3) is 0.385. The van der Waals surface area contributed by atoms with Gasteiger partial charge in [-0.05, 0) is 24.6 Å². The first-order chi connectivity index (χ1) is 9.19. The van der Waals surface area contributed by atoms with Crippen LogP contribution in [0.3, 0.4) is 0 Å². The molecule has 102 valence electrons. The van der Waals surface area contributed by atoms with Crippen LogP contribution in [0.2, 0.25) is 0 Å². The summed E-state index contributed by atoms with van der Waals surface area (Å²) in [5.74, 6) is 0.331. The maximum Gasteiger partial charge on any atom is 0.341 e. The maximum absolute atomic E-state index is 11.2. The quantitative estimate of drug-likeness (QED) is 0.625. The van der Waals surface area contributed by atoms with Gasteiger partial charge in [0.1, 0.15) is 12.0 Å². The van der Waals surface area contributed by atoms with Crippen LogP contribution in [0, 0.1) is 0 Å². The van der Waals surface area contributed by atoms with Gasteiger partial charge in [0.05, 0.1) is 25.4 Å². The van der Waals surface area contributed by atoms with Crippen LogP contribution in [0.5, 0.6) is 0 Å². The zero-order valence-corrected chi connectivity index (χ0v) is 11.0. The Morgan fingerprint density at radius 3 is 3.11 bits per heavy atom. The highest BCUT2D eigenvalue weighted by Gasteiger charge is 2.09. The van der Waals surface area contributed by atoms with E-state index in [1.54, 1.807) is 10.7 Å². The second kappa shape index (κ2) is 6.19. The molecule has 2 aromatic heterocycles. The van der Waals surface area contributed by atoms with Gasteiger partial charge < -0.3 is 14.5 Å². The van der Waals surface area contributed by atoms with E-state index >= 15 is 0 Å². The van der Waals surface area contributed by atoms with E-state index in [1.165, 1.54) is 18.9 Å². The summed E-state index contributed by atoms with van der Waals surface area (Å²) in [7, 11) is 3.25. The fourth-order valence-electron chi connectivity index (χ4n) is 1.74. The van der Waals surface area contributed by atoms with E-state index in [1.807, 2.05) is 19.4 Å². The Kier molecular flexibility index (Phi) is 4.35. The topological polar surface area (TPSA) is 69.3 Å². The molecule has 0 aliphatic heterocycles. The Bertz CT molecular complexity index is 545. The molecule has 0 amide bonds. The van der Waals surface area contributed by atoms with Crippen molar-refractivity contribution in [2.24, 2.45) is 7.05 Å². The van der Waals surface area contributed by atoms with Crippen LogP contribution < -0.4 is 5.32 Å². The van der Waals surface area contributed by atoms with E-state index in [2.05, 4.69) is 15.2 Å². The number of methoxy groups -OCH3 is 1. The molecule has 0 radical (unpaired) electrons. The number of hydrogen-bond acceptors (Lipinski definition) is 5. The molecule has 0 saturated carbocycles. The molecule has 0 bridgehead atoms. The molecule has 6 nitrogen and oxygen atoms in total. The van der Waals surface area contributed by atoms with Crippen LogP contribution in [0.1, 0.15) is 21.7 Å². The highest BCUT2D eigenvalue weighted by molar-refractivity contribution is 5.88. The van der Waals surface area contributed by atoms with Crippen molar-refractivity contribution in [1.29, 1.82) is 0 Å². The summed E-state index contributed by atoms with van der Waals surface area (Å²) in [6, 6.07) is 1.68. The van der Waals surface area contributed by atoms with Crippen molar-refractivity contribution in [2.75, 3.05) is 13.7 Å². The van der Waals surface area contributed by atoms with E-state index < -0.39 is 0 Å². The predicted octanol–water partition coefficient (Wildman–Crippen LogP) is 1.13. The zero-order valence-electron chi connectivity index (χ0n) is 11.0. The van der Waals surface area contributed by atoms with Crippen molar-refractivity contribution < 1.29 is 13.9 Å². The lowest BCUT2D eigenvalue weighted by Gasteiger charge is -2.00. The van der Waals surface area contributed by atoms with Gasteiger partial charge in [-0.1, -0.05) is 0 Å². The molecule has 6 heteroatoms. The van der Waals surface area contributed by atoms with E-state index in [0.717, 1.165) is 13.0 Å². The van der Waals surface area contributed by atoms with Gasteiger partial charge in [0, 0.05) is 13.2 Å². The number of carbonyl (C=O) groups is 1. The number of nitrogens with one attached hydrogen (secondary N) is 1. The molecular weight excluding hydrogens is 246 g/mol. The Morgan fingerprint density at radius 1 is 1.58 bits per heavy atom. The van der Waals surface area contributed by atoms with E-state index in [0.29, 0.717) is 17.9 Å². The second-order valence-electron chi connectivity index (χ2n) is 4.24. The number of ether oxygens (including phenoxy) is 1. The second-order valence-corrected chi connectivity index (χ2v) is 4.24. The smallest absolute Gasteiger partial charge is 0.341 e. The number of aromatic nitrogens is 2. The Morgan fingerprint density at radius 2 is 2.42 bits per heavy atom. The first-order valence-corrected chi connectivity index (χ1v) is 6.03. The number of esters is 1. The van der Waals surface area contributed by atoms with Gasteiger partial charge in [0.25, 0.3) is 0 Å². The van der Waals surface area contributed by atoms with Crippen LogP contribution in [0.4, 0.5) is 0 Å². The number of hydrogen-bond donors (Lipinski definition) is 1. The van der Waals surface area contributed by atoms with Gasteiger partial charge >= 0.3 is 5.97 Å². The van der Waals surface area contributed by atoms with Gasteiger partial charge in [0.2, 0.25) is 0 Å². The Balaban J connectivity index is 1.73. The molecule has 0 aliphatic carbocycles. The predicted molar refractivity (Wildman–Crippen MR) is 68.7 cm³/mol. The molecule has 0 aliphatic rings. The lowest BCUT2D eigenvalue weighted by atomic mass is 10.2. The van der Waals surface area contributed by atoms with Crippen molar-refractivity contribution in [3.05, 3.63) is 41.6 Å². The van der Waals surface area contributed by atoms with Crippen molar-refractivity contribution in [1.82, 2.24) is 15.1 Å². The van der Waals surface area contributed by atoms with Crippen LogP contribution in [0.25, 0.3) is 0 Å². The number of nitrogens with zero attached hydrogens (tertiary/aromatic N) is 2. The molecule has 1 N–H and O–H groups in total. The average molecular weight is 263 g/mol. The van der Waals surface area contributed by atoms with Gasteiger partial charge in [0.15, 0.2) is 0 Å². The van der Waals surface area contributed by atoms with Crippen LogP contribution in [-0.2, 0) is 24.8 Å². The van der Waals surface area contributed by atoms with Crippen molar-refractivity contribution in [3.63, 3.8) is 0 Å². The largest absolute Gasteiger partial charge is 0.467 e. The first-order valence-electron chi connectivity index (χ1n) is 6.03. The van der Waals surface area contributed by atoms with Crippen LogP contribution in [-0.4, -0.2) is 29.4 Å². The molecule has 2 rings (SSSR count). The SMILES string of the molecule is COC(=O)c1coc(CNCCc2cnn(C)c2)c1. The Hall–Kier alpha value is -2.08. The summed E-state index contributed by atoms with van der Waals surface area (Å²) in [5, 5.41) is 7.35. The summed E-state index contributed by atoms with van der Waals surface area (Å²) >= 11 is 0. The van der Waals surface area contributed by atoms with Crippen molar-refractivity contribution >= 4 is 5.97 Å². The third kappa shape index (κ3) is 3.69. The minimum atomic E-state index is -0.384. The average Bonchev–Trinajstić information content (AvgIpc) is 3.03. The molecule has 0 aromatic carbocycles. The summed E-state index contributed by atoms with van der Waals surface area (Å²) in [6.07, 6.45) is 6.15. The minimum Gasteiger partial charge on any atom is -0.467 e. The van der Waals surface area contributed by atoms with Crippen LogP contribution in [0.15, 0.2) is 29.1 Å². The highest BCUT2D eigenvalue weighted by Crippen LogP contribution is 2.08. The molecule has 0 atom stereocenters. The van der Waals surface area contributed by atoms with Gasteiger partial charge in [-0.15, -0.1) is 0 Å². The van der Waals surface area contributed by atoms with Crippen molar-refractivity contribution in [2.45, 2.75) is 13.0 Å². The third-order valence-corrected chi connectivity index (χ3v) is 2.72. The zero-order chi connectivity index (χ0) is 13.7. The number of furan rings is 1. The minimum absolute atomic E-state index is 0.384. The van der Waals surface area contributed by atoms with Gasteiger partial charge in [-0.3, -0.25) is 4.68 Å². The molecule has 0 fully saturated rings. The first kappa shape index (κ1) is 13.4. The summed E-state index contributed by atoms with van der Waals surface area (Å²) in [6.45, 7) is 1.40. The summed E-state index contributed by atoms with van der Waals surface area (Å²) in [5.41, 5.74) is 1.62. The standard InChI is InChI=1S/C13H17N3O3/c1-16-8-10(6-15-16)3-4-14-7-12-5-11(9-19-12)13(17)18-2/h5-6,8-9,14H,3-4,7H2,1-2H3. The molecular formula is C13H17N3O3. The molecule has 2 aromatic rings. The Labute approximate surface area is 111 Å². The molecule has 19 heavy (non-hydrogen) atoms. The van der Waals surface area contributed by atoms with E-state index in [-0.39, 0.29) is 5.97 Å². The number of aryl methyl sites for hydroxylation is 1. The van der Waals surface area contributed by atoms with E-state index in [9.17, 15) is 4.79 Å². The third-order valence-electron chi connectivity index (χ3n) is 2.72. The van der Waals surface area contributed by atoms with Crippen LogP contribution >= 0.6 is 0 Å². The monoisotopic (exact) mass is 263 g/mol. The number of rotatable bonds is 6. The van der Waals surface area contributed by atoms with Gasteiger partial charge in [-0.25, -0.2) is 4.79 Å². The summed E-state index contributed by atoms with van der Waals surface area (Å²) in [4.78, 5) is 11.2. The van der Waals surface area contributed by atoms with Gasteiger partial charge in [-0.2, -0.15) is 5.10 Å². The molecule has 0 saturated heterocycles. The lowest BCUT2D eigenvalue weighted by molar-refractivity contribution is 0.0600. The molecule has 0 unspecified atom stereocenters.